The fraction of sp³-hybridized carbons (Fsp3) is 0.350. The predicted octanol–water partition coefficient (Wildman–Crippen LogP) is 4.53. The molecule has 4 nitrogen and oxygen atoms in total. The summed E-state index contributed by atoms with van der Waals surface area (Å²) >= 11 is 0. The molecular weight excluding hydrogens is 391 g/mol. The van der Waals surface area contributed by atoms with E-state index in [1.165, 1.54) is 6.07 Å². The van der Waals surface area contributed by atoms with Crippen LogP contribution in [0.25, 0.3) is 0 Å². The Labute approximate surface area is 168 Å². The first-order valence-electron chi connectivity index (χ1n) is 8.85. The molecule has 1 amide bonds. The van der Waals surface area contributed by atoms with Crippen molar-refractivity contribution in [2.75, 3.05) is 23.7 Å². The van der Waals surface area contributed by atoms with Crippen LogP contribution in [0, 0.1) is 11.8 Å². The molecule has 0 aromatic heterocycles. The largest absolute Gasteiger partial charge is 0.416 e. The zero-order chi connectivity index (χ0) is 19.4. The Morgan fingerprint density at radius 2 is 1.82 bits per heavy atom. The van der Waals surface area contributed by atoms with Crippen molar-refractivity contribution >= 4 is 29.7 Å². The summed E-state index contributed by atoms with van der Waals surface area (Å²) in [5.74, 6) is -0.345. The first-order chi connectivity index (χ1) is 12.8. The third kappa shape index (κ3) is 5.39. The van der Waals surface area contributed by atoms with Crippen LogP contribution < -0.4 is 16.0 Å². The van der Waals surface area contributed by atoms with Gasteiger partial charge in [0.25, 0.3) is 0 Å². The second-order valence-electron chi connectivity index (χ2n) is 6.79. The van der Waals surface area contributed by atoms with Crippen LogP contribution in [0.2, 0.25) is 0 Å². The van der Waals surface area contributed by atoms with E-state index in [0.717, 1.165) is 30.8 Å². The number of rotatable bonds is 6. The zero-order valence-electron chi connectivity index (χ0n) is 15.3. The van der Waals surface area contributed by atoms with E-state index < -0.39 is 11.7 Å². The van der Waals surface area contributed by atoms with E-state index in [4.69, 9.17) is 0 Å². The molecule has 3 rings (SSSR count). The Hall–Kier alpha value is -2.25. The SMILES string of the molecule is CC(C(=O)Nc1cc(C(F)(F)F)ccc1NCc1ccccc1)C1CNC1.Cl. The van der Waals surface area contributed by atoms with Gasteiger partial charge < -0.3 is 16.0 Å². The highest BCUT2D eigenvalue weighted by Gasteiger charge is 2.32. The predicted molar refractivity (Wildman–Crippen MR) is 107 cm³/mol. The number of halogens is 4. The lowest BCUT2D eigenvalue weighted by molar-refractivity contribution is -0.137. The van der Waals surface area contributed by atoms with Crippen molar-refractivity contribution in [3.05, 3.63) is 59.7 Å². The second-order valence-corrected chi connectivity index (χ2v) is 6.79. The zero-order valence-corrected chi connectivity index (χ0v) is 16.2. The van der Waals surface area contributed by atoms with Crippen LogP contribution in [0.5, 0.6) is 0 Å². The number of carbonyl (C=O) groups is 1. The molecule has 2 aromatic carbocycles. The van der Waals surface area contributed by atoms with Crippen LogP contribution in [0.3, 0.4) is 0 Å². The van der Waals surface area contributed by atoms with Crippen molar-refractivity contribution in [1.29, 1.82) is 0 Å². The Balaban J connectivity index is 0.00000280. The number of carbonyl (C=O) groups excluding carboxylic acids is 1. The molecule has 152 valence electrons. The van der Waals surface area contributed by atoms with Crippen molar-refractivity contribution in [2.24, 2.45) is 11.8 Å². The number of anilines is 2. The van der Waals surface area contributed by atoms with Crippen molar-refractivity contribution in [2.45, 2.75) is 19.6 Å². The van der Waals surface area contributed by atoms with Gasteiger partial charge in [-0.1, -0.05) is 37.3 Å². The molecule has 0 radical (unpaired) electrons. The fourth-order valence-electron chi connectivity index (χ4n) is 2.90. The lowest BCUT2D eigenvalue weighted by Crippen LogP contribution is -2.48. The summed E-state index contributed by atoms with van der Waals surface area (Å²) in [6, 6.07) is 12.9. The normalized spacial score (nSPS) is 15.1. The van der Waals surface area contributed by atoms with Crippen molar-refractivity contribution in [3.63, 3.8) is 0 Å². The first-order valence-corrected chi connectivity index (χ1v) is 8.85. The smallest absolute Gasteiger partial charge is 0.379 e. The monoisotopic (exact) mass is 413 g/mol. The van der Waals surface area contributed by atoms with Crippen LogP contribution in [-0.2, 0) is 17.5 Å². The van der Waals surface area contributed by atoms with Crippen molar-refractivity contribution < 1.29 is 18.0 Å². The van der Waals surface area contributed by atoms with Crippen LogP contribution >= 0.6 is 12.4 Å². The number of alkyl halides is 3. The van der Waals surface area contributed by atoms with Gasteiger partial charge in [0.2, 0.25) is 5.91 Å². The minimum atomic E-state index is -4.47. The molecule has 1 unspecified atom stereocenters. The number of hydrogen-bond donors (Lipinski definition) is 3. The molecule has 2 aromatic rings. The highest BCUT2D eigenvalue weighted by Crippen LogP contribution is 2.34. The van der Waals surface area contributed by atoms with E-state index in [1.807, 2.05) is 30.3 Å². The second kappa shape index (κ2) is 9.30. The molecule has 3 N–H and O–H groups in total. The Morgan fingerprint density at radius 3 is 2.39 bits per heavy atom. The molecule has 0 bridgehead atoms. The minimum Gasteiger partial charge on any atom is -0.379 e. The lowest BCUT2D eigenvalue weighted by Gasteiger charge is -2.32. The number of amides is 1. The summed E-state index contributed by atoms with van der Waals surface area (Å²) in [4.78, 5) is 12.5. The Morgan fingerprint density at radius 1 is 1.14 bits per heavy atom. The van der Waals surface area contributed by atoms with Gasteiger partial charge in [-0.3, -0.25) is 4.79 Å². The third-order valence-corrected chi connectivity index (χ3v) is 4.86. The van der Waals surface area contributed by atoms with Crippen LogP contribution in [0.15, 0.2) is 48.5 Å². The standard InChI is InChI=1S/C20H22F3N3O.ClH/c1-13(15-11-24-12-15)19(27)26-18-9-16(20(21,22)23)7-8-17(18)25-10-14-5-3-2-4-6-14;/h2-9,13,15,24-25H,10-12H2,1H3,(H,26,27);1H. The van der Waals surface area contributed by atoms with Gasteiger partial charge >= 0.3 is 6.18 Å². The Bertz CT molecular complexity index is 795. The molecule has 0 spiro atoms. The Kier molecular flexibility index (Phi) is 7.32. The fourth-order valence-corrected chi connectivity index (χ4v) is 2.90. The van der Waals surface area contributed by atoms with Crippen molar-refractivity contribution in [3.8, 4) is 0 Å². The maximum Gasteiger partial charge on any atom is 0.416 e. The van der Waals surface area contributed by atoms with Crippen molar-refractivity contribution in [1.82, 2.24) is 5.32 Å². The summed E-state index contributed by atoms with van der Waals surface area (Å²) in [6.07, 6.45) is -4.47. The number of nitrogens with one attached hydrogen (secondary N) is 3. The molecule has 1 heterocycles. The van der Waals surface area contributed by atoms with Gasteiger partial charge in [0, 0.05) is 12.5 Å². The quantitative estimate of drug-likeness (QED) is 0.652. The summed E-state index contributed by atoms with van der Waals surface area (Å²) < 4.78 is 39.3. The van der Waals surface area contributed by atoms with Gasteiger partial charge in [0.05, 0.1) is 16.9 Å². The summed E-state index contributed by atoms with van der Waals surface area (Å²) in [6.45, 7) is 3.73. The van der Waals surface area contributed by atoms with E-state index in [-0.39, 0.29) is 35.8 Å². The van der Waals surface area contributed by atoms with Gasteiger partial charge in [0.1, 0.15) is 0 Å². The number of hydrogen-bond acceptors (Lipinski definition) is 3. The van der Waals surface area contributed by atoms with E-state index in [2.05, 4.69) is 16.0 Å². The minimum absolute atomic E-state index is 0. The van der Waals surface area contributed by atoms with E-state index in [1.54, 1.807) is 6.92 Å². The van der Waals surface area contributed by atoms with E-state index >= 15 is 0 Å². The molecule has 28 heavy (non-hydrogen) atoms. The molecule has 1 saturated heterocycles. The lowest BCUT2D eigenvalue weighted by atomic mass is 9.88. The third-order valence-electron chi connectivity index (χ3n) is 4.86. The molecule has 1 fully saturated rings. The molecule has 1 atom stereocenters. The highest BCUT2D eigenvalue weighted by molar-refractivity contribution is 5.96. The average Bonchev–Trinajstić information content (AvgIpc) is 2.59. The molecule has 0 saturated carbocycles. The molecule has 8 heteroatoms. The van der Waals surface area contributed by atoms with Gasteiger partial charge in [0.15, 0.2) is 0 Å². The molecule has 0 aliphatic carbocycles. The summed E-state index contributed by atoms with van der Waals surface area (Å²) in [5, 5.41) is 8.89. The first kappa shape index (κ1) is 22.0. The topological polar surface area (TPSA) is 53.2 Å². The molecule has 1 aliphatic heterocycles. The highest BCUT2D eigenvalue weighted by atomic mass is 35.5. The van der Waals surface area contributed by atoms with Crippen LogP contribution in [-0.4, -0.2) is 19.0 Å². The maximum absolute atomic E-state index is 13.1. The maximum atomic E-state index is 13.1. The van der Waals surface area contributed by atoms with Gasteiger partial charge in [-0.25, -0.2) is 0 Å². The van der Waals surface area contributed by atoms with Gasteiger partial charge in [-0.15, -0.1) is 12.4 Å². The average molecular weight is 414 g/mol. The van der Waals surface area contributed by atoms with Gasteiger partial charge in [-0.2, -0.15) is 13.2 Å². The van der Waals surface area contributed by atoms with E-state index in [0.29, 0.717) is 12.2 Å². The van der Waals surface area contributed by atoms with E-state index in [9.17, 15) is 18.0 Å². The van der Waals surface area contributed by atoms with Crippen LogP contribution in [0.1, 0.15) is 18.1 Å². The molecule has 1 aliphatic rings. The molecular formula is C20H23ClF3N3O. The van der Waals surface area contributed by atoms with Crippen LogP contribution in [0.4, 0.5) is 24.5 Å². The van der Waals surface area contributed by atoms with Gasteiger partial charge in [-0.05, 0) is 42.8 Å². The summed E-state index contributed by atoms with van der Waals surface area (Å²) in [5.41, 5.74) is 0.800. The summed E-state index contributed by atoms with van der Waals surface area (Å²) in [7, 11) is 0. The number of benzene rings is 2.